The predicted molar refractivity (Wildman–Crippen MR) is 73.1 cm³/mol. The van der Waals surface area contributed by atoms with E-state index in [1.807, 2.05) is 16.3 Å². The Kier molecular flexibility index (Phi) is 5.32. The molecule has 1 aliphatic rings. The van der Waals surface area contributed by atoms with Gasteiger partial charge in [-0.15, -0.1) is 11.3 Å². The first-order valence-electron chi connectivity index (χ1n) is 6.55. The van der Waals surface area contributed by atoms with E-state index in [0.717, 1.165) is 12.8 Å². The lowest BCUT2D eigenvalue weighted by Crippen LogP contribution is -2.62. The fraction of sp³-hybridized carbons (Fsp3) is 0.692. The summed E-state index contributed by atoms with van der Waals surface area (Å²) >= 11 is 1.71. The number of hydrogen-bond acceptors (Lipinski definition) is 6. The molecule has 4 atom stereocenters. The number of nitrogens with zero attached hydrogens (tertiary/aromatic N) is 1. The van der Waals surface area contributed by atoms with Crippen LogP contribution in [0.4, 0.5) is 0 Å². The molecule has 1 fully saturated rings. The van der Waals surface area contributed by atoms with Crippen LogP contribution >= 0.6 is 11.3 Å². The maximum atomic E-state index is 9.85. The molecule has 0 spiro atoms. The number of β-amino-alcohol motifs (C(OH)–C–C–N with tert-alkyl or cyclic N) is 1. The average molecular weight is 287 g/mol. The van der Waals surface area contributed by atoms with E-state index in [0.29, 0.717) is 6.54 Å². The van der Waals surface area contributed by atoms with Crippen molar-refractivity contribution in [3.05, 3.63) is 22.4 Å². The second-order valence-electron chi connectivity index (χ2n) is 4.98. The molecule has 0 aliphatic carbocycles. The Bertz CT molecular complexity index is 373. The van der Waals surface area contributed by atoms with E-state index < -0.39 is 24.4 Å². The Hall–Kier alpha value is -0.500. The van der Waals surface area contributed by atoms with Gasteiger partial charge in [0.25, 0.3) is 0 Å². The number of thiophene rings is 1. The minimum absolute atomic E-state index is 0.218. The molecule has 108 valence electrons. The van der Waals surface area contributed by atoms with Gasteiger partial charge < -0.3 is 20.4 Å². The van der Waals surface area contributed by atoms with Gasteiger partial charge in [0, 0.05) is 11.4 Å². The van der Waals surface area contributed by atoms with Crippen LogP contribution in [0, 0.1) is 0 Å². The number of hydrogen-bond donors (Lipinski definition) is 4. The first kappa shape index (κ1) is 14.9. The molecular formula is C13H21NO4S. The Morgan fingerprint density at radius 1 is 1.26 bits per heavy atom. The molecule has 1 saturated heterocycles. The summed E-state index contributed by atoms with van der Waals surface area (Å²) in [4.78, 5) is 3.16. The van der Waals surface area contributed by atoms with Crippen molar-refractivity contribution in [1.82, 2.24) is 4.90 Å². The van der Waals surface area contributed by atoms with Crippen molar-refractivity contribution in [2.45, 2.75) is 37.2 Å². The summed E-state index contributed by atoms with van der Waals surface area (Å²) in [7, 11) is 0. The predicted octanol–water partition coefficient (Wildman–Crippen LogP) is -0.560. The van der Waals surface area contributed by atoms with Crippen LogP contribution in [0.25, 0.3) is 0 Å². The van der Waals surface area contributed by atoms with Crippen molar-refractivity contribution in [3.63, 3.8) is 0 Å². The molecule has 1 aromatic rings. The quantitative estimate of drug-likeness (QED) is 0.583. The monoisotopic (exact) mass is 287 g/mol. The fourth-order valence-corrected chi connectivity index (χ4v) is 3.30. The van der Waals surface area contributed by atoms with E-state index in [1.165, 1.54) is 4.88 Å². The molecule has 5 nitrogen and oxygen atoms in total. The highest BCUT2D eigenvalue weighted by molar-refractivity contribution is 7.09. The highest BCUT2D eigenvalue weighted by atomic mass is 32.1. The van der Waals surface area contributed by atoms with Crippen LogP contribution in [0.15, 0.2) is 17.5 Å². The van der Waals surface area contributed by atoms with Crippen molar-refractivity contribution < 1.29 is 20.4 Å². The third-order valence-corrected chi connectivity index (χ3v) is 4.60. The normalized spacial score (nSPS) is 32.6. The van der Waals surface area contributed by atoms with E-state index >= 15 is 0 Å². The van der Waals surface area contributed by atoms with E-state index in [2.05, 4.69) is 6.07 Å². The van der Waals surface area contributed by atoms with Crippen molar-refractivity contribution in [1.29, 1.82) is 0 Å². The molecule has 0 amide bonds. The molecule has 2 heterocycles. The van der Waals surface area contributed by atoms with Crippen molar-refractivity contribution >= 4 is 11.3 Å². The maximum absolute atomic E-state index is 9.85. The number of aryl methyl sites for hydroxylation is 1. The first-order chi connectivity index (χ1) is 9.13. The molecule has 0 aromatic carbocycles. The van der Waals surface area contributed by atoms with Gasteiger partial charge in [0.2, 0.25) is 0 Å². The van der Waals surface area contributed by atoms with Gasteiger partial charge in [-0.25, -0.2) is 0 Å². The largest absolute Gasteiger partial charge is 0.395 e. The Labute approximate surface area is 116 Å². The number of likely N-dealkylation sites (tertiary alicyclic amines) is 1. The van der Waals surface area contributed by atoms with Gasteiger partial charge in [-0.05, 0) is 30.8 Å². The van der Waals surface area contributed by atoms with E-state index in [9.17, 15) is 20.4 Å². The van der Waals surface area contributed by atoms with Crippen LogP contribution < -0.4 is 0 Å². The molecule has 6 heteroatoms. The first-order valence-corrected chi connectivity index (χ1v) is 7.43. The lowest BCUT2D eigenvalue weighted by molar-refractivity contribution is -0.145. The van der Waals surface area contributed by atoms with E-state index in [-0.39, 0.29) is 13.2 Å². The van der Waals surface area contributed by atoms with Crippen molar-refractivity contribution in [2.24, 2.45) is 0 Å². The summed E-state index contributed by atoms with van der Waals surface area (Å²) in [6.07, 6.45) is -1.39. The molecule has 0 unspecified atom stereocenters. The minimum atomic E-state index is -1.18. The zero-order chi connectivity index (χ0) is 13.8. The lowest BCUT2D eigenvalue weighted by Gasteiger charge is -2.43. The van der Waals surface area contributed by atoms with Crippen molar-refractivity contribution in [2.75, 3.05) is 19.7 Å². The number of aliphatic hydroxyl groups excluding tert-OH is 4. The summed E-state index contributed by atoms with van der Waals surface area (Å²) in [6.45, 7) is 0.752. The summed E-state index contributed by atoms with van der Waals surface area (Å²) in [5.41, 5.74) is 0. The molecule has 0 radical (unpaired) electrons. The molecule has 1 aliphatic heterocycles. The number of piperidine rings is 1. The van der Waals surface area contributed by atoms with Crippen LogP contribution in [0.5, 0.6) is 0 Å². The van der Waals surface area contributed by atoms with Crippen LogP contribution in [0.1, 0.15) is 11.3 Å². The highest BCUT2D eigenvalue weighted by Crippen LogP contribution is 2.20. The van der Waals surface area contributed by atoms with Gasteiger partial charge in [-0.2, -0.15) is 0 Å². The Morgan fingerprint density at radius 3 is 2.68 bits per heavy atom. The van der Waals surface area contributed by atoms with Crippen LogP contribution in [-0.4, -0.2) is 69.4 Å². The summed E-state index contributed by atoms with van der Waals surface area (Å²) in [5, 5.41) is 40.5. The summed E-state index contributed by atoms with van der Waals surface area (Å²) < 4.78 is 0. The number of rotatable bonds is 5. The Balaban J connectivity index is 1.87. The van der Waals surface area contributed by atoms with Crippen LogP contribution in [0.3, 0.4) is 0 Å². The Morgan fingerprint density at radius 2 is 2.05 bits per heavy atom. The summed E-state index contributed by atoms with van der Waals surface area (Å²) in [5.74, 6) is 0. The van der Waals surface area contributed by atoms with Gasteiger partial charge in [-0.3, -0.25) is 4.90 Å². The topological polar surface area (TPSA) is 84.2 Å². The maximum Gasteiger partial charge on any atom is 0.109 e. The van der Waals surface area contributed by atoms with E-state index in [1.54, 1.807) is 11.3 Å². The van der Waals surface area contributed by atoms with Gasteiger partial charge in [0.05, 0.1) is 18.8 Å². The second kappa shape index (κ2) is 6.78. The molecule has 1 aromatic heterocycles. The molecule has 0 saturated carbocycles. The molecule has 19 heavy (non-hydrogen) atoms. The average Bonchev–Trinajstić information content (AvgIpc) is 2.89. The highest BCUT2D eigenvalue weighted by Gasteiger charge is 2.40. The lowest BCUT2D eigenvalue weighted by atomic mass is 9.94. The fourth-order valence-electron chi connectivity index (χ4n) is 2.55. The minimum Gasteiger partial charge on any atom is -0.395 e. The van der Waals surface area contributed by atoms with Gasteiger partial charge >= 0.3 is 0 Å². The third-order valence-electron chi connectivity index (χ3n) is 3.66. The van der Waals surface area contributed by atoms with Crippen LogP contribution in [-0.2, 0) is 6.42 Å². The van der Waals surface area contributed by atoms with Gasteiger partial charge in [0.1, 0.15) is 12.2 Å². The second-order valence-corrected chi connectivity index (χ2v) is 6.01. The molecule has 0 bridgehead atoms. The van der Waals surface area contributed by atoms with Crippen molar-refractivity contribution in [3.8, 4) is 0 Å². The zero-order valence-corrected chi connectivity index (χ0v) is 11.5. The van der Waals surface area contributed by atoms with Gasteiger partial charge in [0.15, 0.2) is 0 Å². The standard InChI is InChI=1S/C13H21NO4S/c15-8-10-12(17)13(18)11(16)7-14(10)5-1-3-9-4-2-6-19-9/h2,4,6,10-13,15-18H,1,3,5,7-8H2/t10-,11-,12+,13+/m0/s1. The smallest absolute Gasteiger partial charge is 0.109 e. The zero-order valence-electron chi connectivity index (χ0n) is 10.7. The SMILES string of the molecule is OC[C@H]1[C@@H](O)[C@H](O)[C@@H](O)CN1CCCc1cccs1. The van der Waals surface area contributed by atoms with Gasteiger partial charge in [-0.1, -0.05) is 6.07 Å². The number of aliphatic hydroxyl groups is 4. The van der Waals surface area contributed by atoms with Crippen LogP contribution in [0.2, 0.25) is 0 Å². The summed E-state index contributed by atoms with van der Waals surface area (Å²) in [6, 6.07) is 3.60. The molecular weight excluding hydrogens is 266 g/mol. The molecule has 4 N–H and O–H groups in total. The molecule has 2 rings (SSSR count). The third kappa shape index (κ3) is 3.53. The van der Waals surface area contributed by atoms with E-state index in [4.69, 9.17) is 0 Å².